The topological polar surface area (TPSA) is 86.8 Å². The van der Waals surface area contributed by atoms with E-state index in [-0.39, 0.29) is 12.5 Å². The molecule has 2 amide bonds. The first-order valence-corrected chi connectivity index (χ1v) is 12.1. The van der Waals surface area contributed by atoms with E-state index in [0.29, 0.717) is 17.1 Å². The maximum Gasteiger partial charge on any atom is 0.244 e. The Morgan fingerprint density at radius 3 is 2.29 bits per heavy atom. The number of amides is 2. The molecule has 2 aromatic carbocycles. The van der Waals surface area contributed by atoms with Crippen LogP contribution in [0.3, 0.4) is 0 Å². The molecule has 2 aromatic rings. The van der Waals surface area contributed by atoms with Crippen molar-refractivity contribution >= 4 is 39.1 Å². The van der Waals surface area contributed by atoms with Crippen molar-refractivity contribution < 1.29 is 18.0 Å². The second-order valence-electron chi connectivity index (χ2n) is 7.30. The molecule has 2 rings (SSSR count). The van der Waals surface area contributed by atoms with Crippen LogP contribution >= 0.6 is 11.6 Å². The van der Waals surface area contributed by atoms with Gasteiger partial charge in [0.25, 0.3) is 0 Å². The first kappa shape index (κ1) is 24.7. The van der Waals surface area contributed by atoms with Crippen molar-refractivity contribution in [3.05, 3.63) is 64.7 Å². The molecular formula is C22H28ClN3O4S. The normalized spacial score (nSPS) is 12.2. The van der Waals surface area contributed by atoms with Crippen LogP contribution in [0.15, 0.2) is 48.5 Å². The maximum absolute atomic E-state index is 13.4. The number of halogens is 1. The molecule has 0 aliphatic heterocycles. The Kier molecular flexibility index (Phi) is 8.47. The summed E-state index contributed by atoms with van der Waals surface area (Å²) in [5, 5.41) is 3.14. The van der Waals surface area contributed by atoms with Crippen molar-refractivity contribution in [1.29, 1.82) is 0 Å². The summed E-state index contributed by atoms with van der Waals surface area (Å²) in [7, 11) is -2.23. The Morgan fingerprint density at radius 2 is 1.77 bits per heavy atom. The number of benzene rings is 2. The van der Waals surface area contributed by atoms with E-state index in [1.807, 2.05) is 13.0 Å². The van der Waals surface area contributed by atoms with Crippen LogP contribution in [-0.4, -0.2) is 51.0 Å². The van der Waals surface area contributed by atoms with Gasteiger partial charge < -0.3 is 10.2 Å². The van der Waals surface area contributed by atoms with Gasteiger partial charge in [0.2, 0.25) is 21.8 Å². The second-order valence-corrected chi connectivity index (χ2v) is 9.64. The van der Waals surface area contributed by atoms with Gasteiger partial charge in [-0.15, -0.1) is 0 Å². The van der Waals surface area contributed by atoms with Gasteiger partial charge in [-0.2, -0.15) is 0 Å². The summed E-state index contributed by atoms with van der Waals surface area (Å²) in [6.45, 7) is 3.38. The molecule has 7 nitrogen and oxygen atoms in total. The molecule has 0 aliphatic carbocycles. The summed E-state index contributed by atoms with van der Waals surface area (Å²) >= 11 is 5.96. The van der Waals surface area contributed by atoms with Crippen molar-refractivity contribution in [3.63, 3.8) is 0 Å². The SMILES string of the molecule is CC[C@H](C(=O)NC)N(Cc1ccc(Cl)cc1)C(=O)CN(c1cccc(C)c1)S(C)(=O)=O. The van der Waals surface area contributed by atoms with Crippen LogP contribution in [-0.2, 0) is 26.2 Å². The molecule has 0 saturated heterocycles. The van der Waals surface area contributed by atoms with Crippen molar-refractivity contribution in [2.45, 2.75) is 32.9 Å². The Bertz CT molecular complexity index is 1030. The standard InChI is InChI=1S/C22H28ClN3O4S/c1-5-20(22(28)24-3)25(14-17-9-11-18(23)12-10-17)21(27)15-26(31(4,29)30)19-8-6-7-16(2)13-19/h6-13,20H,5,14-15H2,1-4H3,(H,24,28)/t20-/m1/s1. The fraction of sp³-hybridized carbons (Fsp3) is 0.364. The lowest BCUT2D eigenvalue weighted by Crippen LogP contribution is -2.51. The van der Waals surface area contributed by atoms with Crippen molar-refractivity contribution in [2.75, 3.05) is 24.2 Å². The minimum atomic E-state index is -3.73. The number of nitrogens with one attached hydrogen (secondary N) is 1. The van der Waals surface area contributed by atoms with E-state index in [1.54, 1.807) is 49.4 Å². The average Bonchev–Trinajstić information content (AvgIpc) is 2.72. The number of rotatable bonds is 9. The zero-order valence-electron chi connectivity index (χ0n) is 18.1. The molecule has 168 valence electrons. The van der Waals surface area contributed by atoms with E-state index in [1.165, 1.54) is 11.9 Å². The fourth-order valence-corrected chi connectivity index (χ4v) is 4.24. The number of hydrogen-bond donors (Lipinski definition) is 1. The molecule has 1 N–H and O–H groups in total. The molecule has 0 bridgehead atoms. The summed E-state index contributed by atoms with van der Waals surface area (Å²) < 4.78 is 26.0. The highest BCUT2D eigenvalue weighted by Gasteiger charge is 2.31. The summed E-state index contributed by atoms with van der Waals surface area (Å²) in [4.78, 5) is 27.2. The van der Waals surface area contributed by atoms with E-state index in [2.05, 4.69) is 5.32 Å². The van der Waals surface area contributed by atoms with Gasteiger partial charge in [0, 0.05) is 18.6 Å². The Hall–Kier alpha value is -2.58. The fourth-order valence-electron chi connectivity index (χ4n) is 3.27. The minimum Gasteiger partial charge on any atom is -0.357 e. The molecule has 1 atom stereocenters. The quantitative estimate of drug-likeness (QED) is 0.616. The molecule has 9 heteroatoms. The first-order chi connectivity index (χ1) is 14.6. The van der Waals surface area contributed by atoms with Gasteiger partial charge in [-0.05, 0) is 48.7 Å². The summed E-state index contributed by atoms with van der Waals surface area (Å²) in [6, 6.07) is 13.1. The summed E-state index contributed by atoms with van der Waals surface area (Å²) in [5.41, 5.74) is 2.05. The van der Waals surface area contributed by atoms with E-state index in [4.69, 9.17) is 11.6 Å². The van der Waals surface area contributed by atoms with Crippen LogP contribution in [0.1, 0.15) is 24.5 Å². The van der Waals surface area contributed by atoms with Crippen LogP contribution in [0.4, 0.5) is 5.69 Å². The number of anilines is 1. The Morgan fingerprint density at radius 1 is 1.13 bits per heavy atom. The van der Waals surface area contributed by atoms with Gasteiger partial charge in [-0.3, -0.25) is 13.9 Å². The largest absolute Gasteiger partial charge is 0.357 e. The third-order valence-corrected chi connectivity index (χ3v) is 6.26. The van der Waals surface area contributed by atoms with Crippen molar-refractivity contribution in [3.8, 4) is 0 Å². The predicted molar refractivity (Wildman–Crippen MR) is 124 cm³/mol. The zero-order valence-corrected chi connectivity index (χ0v) is 19.7. The monoisotopic (exact) mass is 465 g/mol. The summed E-state index contributed by atoms with van der Waals surface area (Å²) in [5.74, 6) is -0.788. The van der Waals surface area contributed by atoms with Crippen molar-refractivity contribution in [1.82, 2.24) is 10.2 Å². The third kappa shape index (κ3) is 6.70. The molecule has 0 fully saturated rings. The molecule has 0 aliphatic rings. The van der Waals surface area contributed by atoms with Gasteiger partial charge >= 0.3 is 0 Å². The maximum atomic E-state index is 13.4. The highest BCUT2D eigenvalue weighted by Crippen LogP contribution is 2.21. The number of carbonyl (C=O) groups is 2. The number of likely N-dealkylation sites (N-methyl/N-ethyl adjacent to an activating group) is 1. The Labute approximate surface area is 189 Å². The highest BCUT2D eigenvalue weighted by atomic mass is 35.5. The van der Waals surface area contributed by atoms with E-state index >= 15 is 0 Å². The molecule has 31 heavy (non-hydrogen) atoms. The predicted octanol–water partition coefficient (Wildman–Crippen LogP) is 2.97. The lowest BCUT2D eigenvalue weighted by atomic mass is 10.1. The van der Waals surface area contributed by atoms with Crippen LogP contribution in [0.2, 0.25) is 5.02 Å². The number of hydrogen-bond acceptors (Lipinski definition) is 4. The van der Waals surface area contributed by atoms with Crippen LogP contribution in [0, 0.1) is 6.92 Å². The second kappa shape index (κ2) is 10.6. The number of aryl methyl sites for hydroxylation is 1. The molecular weight excluding hydrogens is 438 g/mol. The molecule has 0 radical (unpaired) electrons. The first-order valence-electron chi connectivity index (χ1n) is 9.86. The van der Waals surface area contributed by atoms with E-state index in [0.717, 1.165) is 21.7 Å². The molecule has 0 saturated carbocycles. The van der Waals surface area contributed by atoms with E-state index in [9.17, 15) is 18.0 Å². The lowest BCUT2D eigenvalue weighted by Gasteiger charge is -2.32. The van der Waals surface area contributed by atoms with Gasteiger partial charge in [0.05, 0.1) is 11.9 Å². The van der Waals surface area contributed by atoms with Gasteiger partial charge in [0.1, 0.15) is 12.6 Å². The lowest BCUT2D eigenvalue weighted by molar-refractivity contribution is -0.140. The summed E-state index contributed by atoms with van der Waals surface area (Å²) in [6.07, 6.45) is 1.44. The number of sulfonamides is 1. The van der Waals surface area contributed by atoms with Crippen LogP contribution in [0.5, 0.6) is 0 Å². The highest BCUT2D eigenvalue weighted by molar-refractivity contribution is 7.92. The van der Waals surface area contributed by atoms with Gasteiger partial charge in [-0.1, -0.05) is 42.8 Å². The zero-order chi connectivity index (χ0) is 23.2. The number of nitrogens with zero attached hydrogens (tertiary/aromatic N) is 2. The molecule has 0 spiro atoms. The average molecular weight is 466 g/mol. The minimum absolute atomic E-state index is 0.146. The molecule has 0 aromatic heterocycles. The van der Waals surface area contributed by atoms with Crippen LogP contribution in [0.25, 0.3) is 0 Å². The van der Waals surface area contributed by atoms with Gasteiger partial charge in [-0.25, -0.2) is 8.42 Å². The smallest absolute Gasteiger partial charge is 0.244 e. The molecule has 0 unspecified atom stereocenters. The molecule has 0 heterocycles. The number of carbonyl (C=O) groups excluding carboxylic acids is 2. The Balaban J connectivity index is 2.41. The van der Waals surface area contributed by atoms with E-state index < -0.39 is 28.5 Å². The van der Waals surface area contributed by atoms with Crippen LogP contribution < -0.4 is 9.62 Å². The van der Waals surface area contributed by atoms with Gasteiger partial charge in [0.15, 0.2) is 0 Å². The third-order valence-electron chi connectivity index (χ3n) is 4.87. The van der Waals surface area contributed by atoms with Crippen molar-refractivity contribution in [2.24, 2.45) is 0 Å².